The van der Waals surface area contributed by atoms with Gasteiger partial charge in [-0.1, -0.05) is 54.6 Å². The van der Waals surface area contributed by atoms with Gasteiger partial charge in [-0.3, -0.25) is 4.90 Å². The summed E-state index contributed by atoms with van der Waals surface area (Å²) in [6.45, 7) is 0. The van der Waals surface area contributed by atoms with Crippen molar-refractivity contribution in [3.05, 3.63) is 75.0 Å². The van der Waals surface area contributed by atoms with Crippen molar-refractivity contribution in [1.29, 1.82) is 0 Å². The van der Waals surface area contributed by atoms with Crippen LogP contribution in [0, 0.1) is 0 Å². The van der Waals surface area contributed by atoms with Gasteiger partial charge in [-0.25, -0.2) is 4.79 Å². The maximum absolute atomic E-state index is 12.3. The summed E-state index contributed by atoms with van der Waals surface area (Å²) < 4.78 is 6.47. The van der Waals surface area contributed by atoms with Crippen molar-refractivity contribution < 1.29 is 9.53 Å². The van der Waals surface area contributed by atoms with Gasteiger partial charge in [0.15, 0.2) is 0 Å². The molecule has 0 N–H and O–H groups in total. The number of benzene rings is 2. The van der Waals surface area contributed by atoms with Gasteiger partial charge < -0.3 is 4.74 Å². The van der Waals surface area contributed by atoms with Gasteiger partial charge in [0.25, 0.3) is 0 Å². The van der Waals surface area contributed by atoms with Crippen molar-refractivity contribution in [3.63, 3.8) is 0 Å². The Balaban J connectivity index is 1.72. The van der Waals surface area contributed by atoms with Gasteiger partial charge >= 0.3 is 6.09 Å². The largest absolute Gasteiger partial charge is 0.443 e. The van der Waals surface area contributed by atoms with Gasteiger partial charge in [0.2, 0.25) is 0 Å². The molecular formula is C18H14INO2. The van der Waals surface area contributed by atoms with E-state index in [0.29, 0.717) is 0 Å². The normalized spacial score (nSPS) is 23.2. The molecule has 110 valence electrons. The number of fused-ring (bicyclic) bond motifs is 3. The van der Waals surface area contributed by atoms with Crippen LogP contribution in [-0.4, -0.2) is 17.1 Å². The van der Waals surface area contributed by atoms with Crippen LogP contribution in [0.5, 0.6) is 0 Å². The molecule has 0 saturated carbocycles. The molecule has 0 spiro atoms. The van der Waals surface area contributed by atoms with Crippen LogP contribution in [0.4, 0.5) is 4.79 Å². The third-order valence-corrected chi connectivity index (χ3v) is 5.02. The zero-order valence-electron chi connectivity index (χ0n) is 11.8. The van der Waals surface area contributed by atoms with E-state index in [1.807, 2.05) is 48.5 Å². The molecule has 2 atom stereocenters. The lowest BCUT2D eigenvalue weighted by Crippen LogP contribution is -2.24. The molecular weight excluding hydrogens is 389 g/mol. The predicted molar refractivity (Wildman–Crippen MR) is 93.4 cm³/mol. The van der Waals surface area contributed by atoms with Crippen molar-refractivity contribution in [3.8, 4) is 0 Å². The third kappa shape index (κ3) is 2.22. The molecule has 1 heterocycles. The lowest BCUT2D eigenvalue weighted by Gasteiger charge is -2.21. The zero-order valence-corrected chi connectivity index (χ0v) is 13.9. The number of halogens is 1. The van der Waals surface area contributed by atoms with E-state index in [0.717, 1.165) is 15.7 Å². The van der Waals surface area contributed by atoms with Crippen molar-refractivity contribution in [1.82, 2.24) is 4.90 Å². The third-order valence-electron chi connectivity index (χ3n) is 4.19. The lowest BCUT2D eigenvalue weighted by atomic mass is 10.1. The molecule has 2 aliphatic rings. The molecule has 1 fully saturated rings. The van der Waals surface area contributed by atoms with Crippen LogP contribution in [0.25, 0.3) is 6.08 Å². The van der Waals surface area contributed by atoms with Crippen LogP contribution in [0.3, 0.4) is 0 Å². The van der Waals surface area contributed by atoms with Gasteiger partial charge in [0.1, 0.15) is 12.1 Å². The Kier molecular flexibility index (Phi) is 3.41. The smallest absolute Gasteiger partial charge is 0.415 e. The Bertz CT molecular complexity index is 757. The molecule has 0 unspecified atom stereocenters. The summed E-state index contributed by atoms with van der Waals surface area (Å²) in [7, 11) is 0. The van der Waals surface area contributed by atoms with Crippen molar-refractivity contribution in [2.75, 3.05) is 0 Å². The summed E-state index contributed by atoms with van der Waals surface area (Å²) in [5.74, 6) is 0. The number of nitrogens with zero attached hydrogens (tertiary/aromatic N) is 1. The van der Waals surface area contributed by atoms with E-state index in [9.17, 15) is 4.79 Å². The first kappa shape index (κ1) is 13.8. The van der Waals surface area contributed by atoms with E-state index in [-0.39, 0.29) is 18.2 Å². The summed E-state index contributed by atoms with van der Waals surface area (Å²) in [6.07, 6.45) is 2.50. The summed E-state index contributed by atoms with van der Waals surface area (Å²) in [5, 5.41) is 0. The van der Waals surface area contributed by atoms with Crippen LogP contribution in [0.2, 0.25) is 0 Å². The number of carbonyl (C=O) groups excluding carboxylic acids is 1. The molecule has 22 heavy (non-hydrogen) atoms. The second kappa shape index (κ2) is 5.43. The highest BCUT2D eigenvalue weighted by Crippen LogP contribution is 2.45. The first-order chi connectivity index (χ1) is 10.7. The zero-order chi connectivity index (χ0) is 15.1. The highest BCUT2D eigenvalue weighted by Gasteiger charge is 2.48. The van der Waals surface area contributed by atoms with Gasteiger partial charge in [-0.2, -0.15) is 0 Å². The van der Waals surface area contributed by atoms with Crippen LogP contribution in [0.1, 0.15) is 22.7 Å². The first-order valence-corrected chi connectivity index (χ1v) is 8.32. The Morgan fingerprint density at radius 3 is 2.68 bits per heavy atom. The van der Waals surface area contributed by atoms with Crippen molar-refractivity contribution >= 4 is 34.8 Å². The Morgan fingerprint density at radius 2 is 1.86 bits per heavy atom. The quantitative estimate of drug-likeness (QED) is 0.545. The number of amides is 1. The number of hydrogen-bond donors (Lipinski definition) is 0. The topological polar surface area (TPSA) is 29.5 Å². The molecule has 2 aromatic carbocycles. The van der Waals surface area contributed by atoms with Crippen molar-refractivity contribution in [2.45, 2.75) is 18.6 Å². The molecule has 1 aliphatic heterocycles. The molecule has 0 bridgehead atoms. The number of ether oxygens (including phenoxy) is 1. The summed E-state index contributed by atoms with van der Waals surface area (Å²) in [5.41, 5.74) is 3.56. The molecule has 0 radical (unpaired) electrons. The van der Waals surface area contributed by atoms with Gasteiger partial charge in [-0.05, 0) is 45.4 Å². The molecule has 1 amide bonds. The van der Waals surface area contributed by atoms with Gasteiger partial charge in [0.05, 0.1) is 3.70 Å². The fourth-order valence-corrected chi connectivity index (χ4v) is 4.08. The summed E-state index contributed by atoms with van der Waals surface area (Å²) in [6, 6.07) is 18.3. The maximum Gasteiger partial charge on any atom is 0.415 e. The molecule has 3 nitrogen and oxygen atoms in total. The van der Waals surface area contributed by atoms with E-state index in [2.05, 4.69) is 34.7 Å². The Morgan fingerprint density at radius 1 is 1.14 bits per heavy atom. The number of carbonyl (C=O) groups is 1. The maximum atomic E-state index is 12.3. The summed E-state index contributed by atoms with van der Waals surface area (Å²) in [4.78, 5) is 14.1. The fraction of sp³-hybridized carbons (Fsp3) is 0.167. The Labute approximate surface area is 142 Å². The monoisotopic (exact) mass is 403 g/mol. The molecule has 1 aliphatic carbocycles. The second-order valence-corrected chi connectivity index (χ2v) is 6.62. The standard InChI is InChI=1S/C18H14INO2/c19-16(10-12-6-2-1-3-7-12)20-17-14-9-5-4-8-13(14)11-15(17)22-18(20)21/h1-10,15,17H,11H2/b16-10+/t15-,17+/m1/s1. The SMILES string of the molecule is O=C1O[C@@H]2Cc3ccccc3[C@@H]2N1/C(I)=C/c1ccccc1. The van der Waals surface area contributed by atoms with E-state index >= 15 is 0 Å². The number of rotatable bonds is 2. The number of hydrogen-bond acceptors (Lipinski definition) is 2. The van der Waals surface area contributed by atoms with Crippen LogP contribution >= 0.6 is 22.6 Å². The van der Waals surface area contributed by atoms with E-state index in [1.165, 1.54) is 11.1 Å². The highest BCUT2D eigenvalue weighted by molar-refractivity contribution is 14.1. The molecule has 4 rings (SSSR count). The van der Waals surface area contributed by atoms with Gasteiger partial charge in [0, 0.05) is 6.42 Å². The van der Waals surface area contributed by atoms with E-state index < -0.39 is 0 Å². The molecule has 0 aromatic heterocycles. The average molecular weight is 403 g/mol. The fourth-order valence-electron chi connectivity index (χ4n) is 3.22. The predicted octanol–water partition coefficient (Wildman–Crippen LogP) is 4.54. The van der Waals surface area contributed by atoms with Crippen molar-refractivity contribution in [2.24, 2.45) is 0 Å². The van der Waals surface area contributed by atoms with E-state index in [1.54, 1.807) is 4.90 Å². The lowest BCUT2D eigenvalue weighted by molar-refractivity contribution is 0.134. The van der Waals surface area contributed by atoms with E-state index in [4.69, 9.17) is 4.74 Å². The molecule has 4 heteroatoms. The minimum absolute atomic E-state index is 0.00411. The van der Waals surface area contributed by atoms with Crippen LogP contribution in [-0.2, 0) is 11.2 Å². The second-order valence-electron chi connectivity index (χ2n) is 5.52. The minimum atomic E-state index is -0.249. The first-order valence-electron chi connectivity index (χ1n) is 7.24. The van der Waals surface area contributed by atoms with Crippen LogP contribution < -0.4 is 0 Å². The van der Waals surface area contributed by atoms with Gasteiger partial charge in [-0.15, -0.1) is 0 Å². The molecule has 2 aromatic rings. The minimum Gasteiger partial charge on any atom is -0.443 e. The Hall–Kier alpha value is -1.82. The average Bonchev–Trinajstić information content (AvgIpc) is 3.02. The highest BCUT2D eigenvalue weighted by atomic mass is 127. The summed E-state index contributed by atoms with van der Waals surface area (Å²) >= 11 is 2.22. The molecule has 1 saturated heterocycles. The van der Waals surface area contributed by atoms with Crippen LogP contribution in [0.15, 0.2) is 58.3 Å².